The third-order valence-electron chi connectivity index (χ3n) is 2.92. The number of halogens is 2. The number of aromatic nitrogens is 1. The summed E-state index contributed by atoms with van der Waals surface area (Å²) < 4.78 is 2.04. The maximum absolute atomic E-state index is 12.0. The van der Waals surface area contributed by atoms with Crippen LogP contribution in [0.3, 0.4) is 0 Å². The lowest BCUT2D eigenvalue weighted by Gasteiger charge is -2.07. The Morgan fingerprint density at radius 2 is 2.25 bits per heavy atom. The molecule has 0 aliphatic rings. The summed E-state index contributed by atoms with van der Waals surface area (Å²) in [5, 5.41) is 3.54. The number of hydrogen-bond donors (Lipinski definition) is 1. The number of nitrogens with zero attached hydrogens (tertiary/aromatic N) is 1. The number of carbonyl (C=O) groups is 1. The number of nitrogens with one attached hydrogen (secondary N) is 1. The predicted octanol–water partition coefficient (Wildman–Crippen LogP) is 5.26. The zero-order valence-corrected chi connectivity index (χ0v) is 15.4. The van der Waals surface area contributed by atoms with E-state index in [4.69, 9.17) is 0 Å². The first-order chi connectivity index (χ1) is 9.51. The predicted molar refractivity (Wildman–Crippen MR) is 92.9 cm³/mol. The van der Waals surface area contributed by atoms with Crippen molar-refractivity contribution in [3.8, 4) is 0 Å². The zero-order chi connectivity index (χ0) is 14.7. The number of benzene rings is 1. The highest BCUT2D eigenvalue weighted by atomic mass is 79.9. The molecule has 108 valence electrons. The van der Waals surface area contributed by atoms with Gasteiger partial charge in [-0.25, -0.2) is 4.98 Å². The van der Waals surface area contributed by atoms with Crippen molar-refractivity contribution >= 4 is 64.5 Å². The summed E-state index contributed by atoms with van der Waals surface area (Å²) in [6, 6.07) is 4.11. The van der Waals surface area contributed by atoms with Crippen LogP contribution in [-0.2, 0) is 4.79 Å². The molecule has 0 aliphatic heterocycles. The molecule has 0 saturated carbocycles. The summed E-state index contributed by atoms with van der Waals surface area (Å²) in [6.45, 7) is 4.16. The van der Waals surface area contributed by atoms with Crippen molar-refractivity contribution in [1.29, 1.82) is 0 Å². The molecule has 1 heterocycles. The Kier molecular flexibility index (Phi) is 5.57. The maximum atomic E-state index is 12.0. The molecule has 0 bridgehead atoms. The molecule has 1 atom stereocenters. The number of fused-ring (bicyclic) bond motifs is 1. The number of hydrogen-bond acceptors (Lipinski definition) is 3. The SMILES string of the molecule is CCCC[C@@H](Br)C(=O)Nc1nc2c(Br)cc(C)cc2s1. The second-order valence-corrected chi connectivity index (χ2v) is 7.70. The van der Waals surface area contributed by atoms with Gasteiger partial charge in [0.1, 0.15) is 0 Å². The average Bonchev–Trinajstić information content (AvgIpc) is 2.78. The normalized spacial score (nSPS) is 12.6. The molecule has 2 rings (SSSR count). The largest absolute Gasteiger partial charge is 0.301 e. The van der Waals surface area contributed by atoms with Crippen LogP contribution in [-0.4, -0.2) is 15.7 Å². The van der Waals surface area contributed by atoms with E-state index in [0.717, 1.165) is 34.0 Å². The Morgan fingerprint density at radius 3 is 2.95 bits per heavy atom. The Morgan fingerprint density at radius 1 is 1.50 bits per heavy atom. The van der Waals surface area contributed by atoms with E-state index in [1.807, 2.05) is 13.0 Å². The number of thiazole rings is 1. The van der Waals surface area contributed by atoms with Gasteiger partial charge in [-0.3, -0.25) is 4.79 Å². The second kappa shape index (κ2) is 7.00. The van der Waals surface area contributed by atoms with Crippen LogP contribution in [0.1, 0.15) is 31.7 Å². The standard InChI is InChI=1S/C14H16Br2N2OS/c1-3-4-5-9(15)13(19)18-14-17-12-10(16)6-8(2)7-11(12)20-14/h6-7,9H,3-5H2,1-2H3,(H,17,18,19)/t9-/m1/s1. The first-order valence-electron chi connectivity index (χ1n) is 6.53. The van der Waals surface area contributed by atoms with Gasteiger partial charge in [0.25, 0.3) is 0 Å². The van der Waals surface area contributed by atoms with Crippen molar-refractivity contribution < 1.29 is 4.79 Å². The summed E-state index contributed by atoms with van der Waals surface area (Å²) in [5.41, 5.74) is 2.07. The summed E-state index contributed by atoms with van der Waals surface area (Å²) in [5.74, 6) is -0.0228. The van der Waals surface area contributed by atoms with Crippen molar-refractivity contribution in [1.82, 2.24) is 4.98 Å². The Balaban J connectivity index is 2.14. The van der Waals surface area contributed by atoms with Crippen molar-refractivity contribution in [2.24, 2.45) is 0 Å². The number of alkyl halides is 1. The lowest BCUT2D eigenvalue weighted by atomic mass is 10.2. The van der Waals surface area contributed by atoms with E-state index in [1.54, 1.807) is 0 Å². The van der Waals surface area contributed by atoms with Crippen molar-refractivity contribution in [3.05, 3.63) is 22.2 Å². The van der Waals surface area contributed by atoms with Gasteiger partial charge in [0.15, 0.2) is 5.13 Å². The molecule has 3 nitrogen and oxygen atoms in total. The van der Waals surface area contributed by atoms with Crippen LogP contribution >= 0.6 is 43.2 Å². The molecule has 0 fully saturated rings. The lowest BCUT2D eigenvalue weighted by Crippen LogP contribution is -2.22. The first-order valence-corrected chi connectivity index (χ1v) is 9.05. The number of anilines is 1. The molecule has 1 amide bonds. The van der Waals surface area contributed by atoms with Gasteiger partial charge in [0.2, 0.25) is 5.91 Å². The third-order valence-corrected chi connectivity index (χ3v) is 5.31. The maximum Gasteiger partial charge on any atom is 0.239 e. The molecule has 0 unspecified atom stereocenters. The second-order valence-electron chi connectivity index (χ2n) is 4.71. The number of aryl methyl sites for hydroxylation is 1. The van der Waals surface area contributed by atoms with Gasteiger partial charge in [0.05, 0.1) is 15.0 Å². The van der Waals surface area contributed by atoms with E-state index in [1.165, 1.54) is 16.9 Å². The van der Waals surface area contributed by atoms with E-state index < -0.39 is 0 Å². The Hall–Kier alpha value is -0.460. The Labute approximate surface area is 139 Å². The van der Waals surface area contributed by atoms with E-state index in [0.29, 0.717) is 5.13 Å². The summed E-state index contributed by atoms with van der Waals surface area (Å²) in [6.07, 6.45) is 2.96. The molecule has 2 aromatic rings. The Bertz CT molecular complexity index is 627. The molecule has 1 N–H and O–H groups in total. The van der Waals surface area contributed by atoms with Gasteiger partial charge in [-0.05, 0) is 47.0 Å². The van der Waals surface area contributed by atoms with Gasteiger partial charge in [-0.15, -0.1) is 0 Å². The van der Waals surface area contributed by atoms with Gasteiger partial charge in [0, 0.05) is 4.47 Å². The fraction of sp³-hybridized carbons (Fsp3) is 0.429. The van der Waals surface area contributed by atoms with Gasteiger partial charge >= 0.3 is 0 Å². The summed E-state index contributed by atoms with van der Waals surface area (Å²) >= 11 is 8.44. The van der Waals surface area contributed by atoms with Crippen LogP contribution in [0.5, 0.6) is 0 Å². The molecule has 0 spiro atoms. The van der Waals surface area contributed by atoms with Crippen LogP contribution in [0.25, 0.3) is 10.2 Å². The molecule has 6 heteroatoms. The van der Waals surface area contributed by atoms with Crippen molar-refractivity contribution in [2.45, 2.75) is 37.9 Å². The fourth-order valence-electron chi connectivity index (χ4n) is 1.87. The highest BCUT2D eigenvalue weighted by Gasteiger charge is 2.16. The number of unbranched alkanes of at least 4 members (excludes halogenated alkanes) is 1. The first kappa shape index (κ1) is 15.9. The van der Waals surface area contributed by atoms with E-state index >= 15 is 0 Å². The summed E-state index contributed by atoms with van der Waals surface area (Å²) in [7, 11) is 0. The van der Waals surface area contributed by atoms with Crippen LogP contribution in [0.15, 0.2) is 16.6 Å². The molecule has 1 aromatic carbocycles. The molecule has 0 saturated heterocycles. The van der Waals surface area contributed by atoms with E-state index in [-0.39, 0.29) is 10.7 Å². The molecule has 0 radical (unpaired) electrons. The quantitative estimate of drug-likeness (QED) is 0.671. The summed E-state index contributed by atoms with van der Waals surface area (Å²) in [4.78, 5) is 16.4. The van der Waals surface area contributed by atoms with Gasteiger partial charge in [-0.1, -0.05) is 47.0 Å². The minimum absolute atomic E-state index is 0.0228. The molecule has 20 heavy (non-hydrogen) atoms. The molecule has 0 aliphatic carbocycles. The number of rotatable bonds is 5. The van der Waals surface area contributed by atoms with Crippen molar-refractivity contribution in [3.63, 3.8) is 0 Å². The third kappa shape index (κ3) is 3.80. The van der Waals surface area contributed by atoms with Gasteiger partial charge in [-0.2, -0.15) is 0 Å². The lowest BCUT2D eigenvalue weighted by molar-refractivity contribution is -0.115. The minimum atomic E-state index is -0.153. The number of carbonyl (C=O) groups excluding carboxylic acids is 1. The van der Waals surface area contributed by atoms with E-state index in [2.05, 4.69) is 55.2 Å². The minimum Gasteiger partial charge on any atom is -0.301 e. The molecular weight excluding hydrogens is 404 g/mol. The number of amides is 1. The fourth-order valence-corrected chi connectivity index (χ4v) is 4.10. The van der Waals surface area contributed by atoms with Crippen LogP contribution in [0.2, 0.25) is 0 Å². The van der Waals surface area contributed by atoms with E-state index in [9.17, 15) is 4.79 Å². The van der Waals surface area contributed by atoms with Crippen molar-refractivity contribution in [2.75, 3.05) is 5.32 Å². The monoisotopic (exact) mass is 418 g/mol. The van der Waals surface area contributed by atoms with Crippen LogP contribution in [0, 0.1) is 6.92 Å². The highest BCUT2D eigenvalue weighted by Crippen LogP contribution is 2.32. The highest BCUT2D eigenvalue weighted by molar-refractivity contribution is 9.10. The van der Waals surface area contributed by atoms with Gasteiger partial charge < -0.3 is 5.32 Å². The molecular formula is C14H16Br2N2OS. The molecule has 1 aromatic heterocycles. The topological polar surface area (TPSA) is 42.0 Å². The zero-order valence-electron chi connectivity index (χ0n) is 11.4. The van der Waals surface area contributed by atoms with Crippen LogP contribution in [0.4, 0.5) is 5.13 Å². The van der Waals surface area contributed by atoms with Crippen LogP contribution < -0.4 is 5.32 Å². The smallest absolute Gasteiger partial charge is 0.239 e. The average molecular weight is 420 g/mol.